The van der Waals surface area contributed by atoms with Crippen molar-refractivity contribution in [3.8, 4) is 11.1 Å². The summed E-state index contributed by atoms with van der Waals surface area (Å²) in [5, 5.41) is 0. The highest BCUT2D eigenvalue weighted by atomic mass is 19.1. The lowest BCUT2D eigenvalue weighted by Gasteiger charge is -2.06. The van der Waals surface area contributed by atoms with E-state index >= 15 is 0 Å². The number of benzene rings is 2. The Morgan fingerprint density at radius 1 is 0.933 bits per heavy atom. The van der Waals surface area contributed by atoms with Gasteiger partial charge in [0.15, 0.2) is 0 Å². The third-order valence-electron chi connectivity index (χ3n) is 2.19. The first-order chi connectivity index (χ1) is 7.16. The summed E-state index contributed by atoms with van der Waals surface area (Å²) in [6.07, 6.45) is 0. The molecule has 2 nitrogen and oxygen atoms in total. The number of halogens is 1. The van der Waals surface area contributed by atoms with Crippen LogP contribution in [0.15, 0.2) is 42.5 Å². The molecule has 0 heterocycles. The summed E-state index contributed by atoms with van der Waals surface area (Å²) in [7, 11) is 0. The van der Waals surface area contributed by atoms with Gasteiger partial charge in [0, 0.05) is 16.9 Å². The molecule has 0 aliphatic carbocycles. The zero-order valence-corrected chi connectivity index (χ0v) is 8.07. The van der Waals surface area contributed by atoms with Crippen molar-refractivity contribution < 1.29 is 4.39 Å². The zero-order chi connectivity index (χ0) is 10.8. The molecule has 0 saturated carbocycles. The van der Waals surface area contributed by atoms with Crippen LogP contribution in [-0.2, 0) is 0 Å². The lowest BCUT2D eigenvalue weighted by Crippen LogP contribution is -1.92. The third kappa shape index (κ3) is 1.91. The SMILES string of the molecule is Nc1cc(F)cc(-c2ccccc2N)c1. The van der Waals surface area contributed by atoms with Crippen molar-refractivity contribution in [2.24, 2.45) is 0 Å². The largest absolute Gasteiger partial charge is 0.399 e. The highest BCUT2D eigenvalue weighted by Gasteiger charge is 2.04. The summed E-state index contributed by atoms with van der Waals surface area (Å²) >= 11 is 0. The van der Waals surface area contributed by atoms with Crippen LogP contribution in [0, 0.1) is 5.82 Å². The normalized spacial score (nSPS) is 10.2. The topological polar surface area (TPSA) is 52.0 Å². The maximum absolute atomic E-state index is 13.1. The van der Waals surface area contributed by atoms with E-state index in [1.54, 1.807) is 12.1 Å². The van der Waals surface area contributed by atoms with Gasteiger partial charge in [-0.1, -0.05) is 18.2 Å². The van der Waals surface area contributed by atoms with E-state index in [1.165, 1.54) is 12.1 Å². The smallest absolute Gasteiger partial charge is 0.125 e. The second-order valence-electron chi connectivity index (χ2n) is 3.36. The molecule has 0 spiro atoms. The molecule has 4 N–H and O–H groups in total. The molecule has 2 aromatic rings. The van der Waals surface area contributed by atoms with Crippen LogP contribution in [-0.4, -0.2) is 0 Å². The molecular formula is C12H11FN2. The van der Waals surface area contributed by atoms with Crippen molar-refractivity contribution in [2.75, 3.05) is 11.5 Å². The number of hydrogen-bond acceptors (Lipinski definition) is 2. The molecule has 0 fully saturated rings. The minimum atomic E-state index is -0.353. The second-order valence-corrected chi connectivity index (χ2v) is 3.36. The number of anilines is 2. The van der Waals surface area contributed by atoms with Gasteiger partial charge < -0.3 is 11.5 Å². The Kier molecular flexibility index (Phi) is 2.29. The second kappa shape index (κ2) is 3.61. The van der Waals surface area contributed by atoms with Gasteiger partial charge >= 0.3 is 0 Å². The van der Waals surface area contributed by atoms with Crippen LogP contribution in [0.25, 0.3) is 11.1 Å². The maximum Gasteiger partial charge on any atom is 0.125 e. The van der Waals surface area contributed by atoms with Crippen LogP contribution in [0.3, 0.4) is 0 Å². The van der Waals surface area contributed by atoms with Gasteiger partial charge in [-0.25, -0.2) is 4.39 Å². The molecule has 0 unspecified atom stereocenters. The monoisotopic (exact) mass is 202 g/mol. The Morgan fingerprint density at radius 3 is 2.33 bits per heavy atom. The van der Waals surface area contributed by atoms with E-state index in [0.29, 0.717) is 16.9 Å². The Morgan fingerprint density at radius 2 is 1.67 bits per heavy atom. The summed E-state index contributed by atoms with van der Waals surface area (Å²) in [6, 6.07) is 11.7. The van der Waals surface area contributed by atoms with Crippen LogP contribution < -0.4 is 11.5 Å². The molecule has 0 amide bonds. The minimum absolute atomic E-state index is 0.353. The van der Waals surface area contributed by atoms with E-state index in [2.05, 4.69) is 0 Å². The Hall–Kier alpha value is -2.03. The molecule has 0 bridgehead atoms. The molecule has 2 rings (SSSR count). The summed E-state index contributed by atoms with van der Waals surface area (Å²) < 4.78 is 13.1. The molecule has 0 saturated heterocycles. The predicted octanol–water partition coefficient (Wildman–Crippen LogP) is 2.66. The van der Waals surface area contributed by atoms with Crippen molar-refractivity contribution in [3.63, 3.8) is 0 Å². The lowest BCUT2D eigenvalue weighted by molar-refractivity contribution is 0.629. The van der Waals surface area contributed by atoms with Crippen LogP contribution in [0.5, 0.6) is 0 Å². The minimum Gasteiger partial charge on any atom is -0.399 e. The van der Waals surface area contributed by atoms with Gasteiger partial charge in [0.1, 0.15) is 5.82 Å². The first kappa shape index (κ1) is 9.52. The highest BCUT2D eigenvalue weighted by Crippen LogP contribution is 2.27. The van der Waals surface area contributed by atoms with Crippen molar-refractivity contribution in [1.82, 2.24) is 0 Å². The number of nitrogen functional groups attached to an aromatic ring is 2. The van der Waals surface area contributed by atoms with Crippen LogP contribution in [0.1, 0.15) is 0 Å². The average Bonchev–Trinajstić information content (AvgIpc) is 2.16. The lowest BCUT2D eigenvalue weighted by atomic mass is 10.0. The molecule has 0 aliphatic heterocycles. The van der Waals surface area contributed by atoms with Crippen LogP contribution in [0.2, 0.25) is 0 Å². The quantitative estimate of drug-likeness (QED) is 0.698. The average molecular weight is 202 g/mol. The summed E-state index contributed by atoms with van der Waals surface area (Å²) in [6.45, 7) is 0. The van der Waals surface area contributed by atoms with Crippen molar-refractivity contribution in [3.05, 3.63) is 48.3 Å². The Balaban J connectivity index is 2.59. The number of rotatable bonds is 1. The van der Waals surface area contributed by atoms with Gasteiger partial charge in [-0.15, -0.1) is 0 Å². The van der Waals surface area contributed by atoms with Crippen molar-refractivity contribution in [2.45, 2.75) is 0 Å². The fraction of sp³-hybridized carbons (Fsp3) is 0. The Bertz CT molecular complexity index is 474. The van der Waals surface area contributed by atoms with Gasteiger partial charge in [0.05, 0.1) is 0 Å². The molecule has 0 radical (unpaired) electrons. The van der Waals surface area contributed by atoms with E-state index in [0.717, 1.165) is 5.56 Å². The van der Waals surface area contributed by atoms with Gasteiger partial charge in [-0.2, -0.15) is 0 Å². The summed E-state index contributed by atoms with van der Waals surface area (Å²) in [5.41, 5.74) is 13.9. The standard InChI is InChI=1S/C12H11FN2/c13-9-5-8(6-10(14)7-9)11-3-1-2-4-12(11)15/h1-7H,14-15H2. The molecular weight excluding hydrogens is 191 g/mol. The Labute approximate surface area is 87.3 Å². The summed E-state index contributed by atoms with van der Waals surface area (Å²) in [5.74, 6) is -0.353. The number of para-hydroxylation sites is 1. The van der Waals surface area contributed by atoms with Gasteiger partial charge in [0.25, 0.3) is 0 Å². The van der Waals surface area contributed by atoms with Crippen molar-refractivity contribution in [1.29, 1.82) is 0 Å². The van der Waals surface area contributed by atoms with Crippen molar-refractivity contribution >= 4 is 11.4 Å². The number of nitrogens with two attached hydrogens (primary N) is 2. The number of hydrogen-bond donors (Lipinski definition) is 2. The maximum atomic E-state index is 13.1. The zero-order valence-electron chi connectivity index (χ0n) is 8.07. The highest BCUT2D eigenvalue weighted by molar-refractivity contribution is 5.77. The first-order valence-corrected chi connectivity index (χ1v) is 4.58. The van der Waals surface area contributed by atoms with Gasteiger partial charge in [0.2, 0.25) is 0 Å². The molecule has 15 heavy (non-hydrogen) atoms. The third-order valence-corrected chi connectivity index (χ3v) is 2.19. The van der Waals surface area contributed by atoms with Crippen LogP contribution in [0.4, 0.5) is 15.8 Å². The molecule has 0 aromatic heterocycles. The van der Waals surface area contributed by atoms with Crippen LogP contribution >= 0.6 is 0 Å². The fourth-order valence-electron chi connectivity index (χ4n) is 1.53. The van der Waals surface area contributed by atoms with E-state index in [1.807, 2.05) is 18.2 Å². The molecule has 2 aromatic carbocycles. The molecule has 0 aliphatic rings. The van der Waals surface area contributed by atoms with E-state index in [9.17, 15) is 4.39 Å². The van der Waals surface area contributed by atoms with E-state index < -0.39 is 0 Å². The molecule has 76 valence electrons. The van der Waals surface area contributed by atoms with Gasteiger partial charge in [-0.3, -0.25) is 0 Å². The molecule has 0 atom stereocenters. The van der Waals surface area contributed by atoms with E-state index in [-0.39, 0.29) is 5.82 Å². The molecule has 3 heteroatoms. The fourth-order valence-corrected chi connectivity index (χ4v) is 1.53. The summed E-state index contributed by atoms with van der Waals surface area (Å²) in [4.78, 5) is 0. The predicted molar refractivity (Wildman–Crippen MR) is 60.7 cm³/mol. The van der Waals surface area contributed by atoms with Gasteiger partial charge in [-0.05, 0) is 29.8 Å². The van der Waals surface area contributed by atoms with E-state index in [4.69, 9.17) is 11.5 Å². The first-order valence-electron chi connectivity index (χ1n) is 4.58.